The van der Waals surface area contributed by atoms with E-state index in [1.165, 1.54) is 29.2 Å². The highest BCUT2D eigenvalue weighted by atomic mass is 19.4. The van der Waals surface area contributed by atoms with Crippen LogP contribution in [0.4, 0.5) is 24.5 Å². The molecule has 136 valence electrons. The summed E-state index contributed by atoms with van der Waals surface area (Å²) in [5, 5.41) is 2.36. The molecule has 0 bridgehead atoms. The number of esters is 1. The summed E-state index contributed by atoms with van der Waals surface area (Å²) in [6.07, 6.45) is -1.64. The van der Waals surface area contributed by atoms with Crippen LogP contribution in [-0.4, -0.2) is 37.2 Å². The van der Waals surface area contributed by atoms with E-state index >= 15 is 0 Å². The molecule has 0 fully saturated rings. The highest BCUT2D eigenvalue weighted by molar-refractivity contribution is 6.04. The zero-order valence-corrected chi connectivity index (χ0v) is 13.8. The van der Waals surface area contributed by atoms with Crippen LogP contribution in [0.25, 0.3) is 0 Å². The molecule has 0 spiro atoms. The summed E-state index contributed by atoms with van der Waals surface area (Å²) in [4.78, 5) is 25.3. The number of rotatable bonds is 5. The zero-order chi connectivity index (χ0) is 18.6. The van der Waals surface area contributed by atoms with E-state index in [0.717, 1.165) is 6.92 Å². The van der Waals surface area contributed by atoms with Gasteiger partial charge in [0.15, 0.2) is 0 Å². The number of alkyl halides is 3. The van der Waals surface area contributed by atoms with Crippen LogP contribution in [0.3, 0.4) is 0 Å². The van der Waals surface area contributed by atoms with Gasteiger partial charge in [0, 0.05) is 24.0 Å². The Hall–Kier alpha value is -2.51. The van der Waals surface area contributed by atoms with Gasteiger partial charge >= 0.3 is 12.1 Å². The van der Waals surface area contributed by atoms with Crippen LogP contribution in [0, 0.1) is 5.92 Å². The molecule has 1 amide bonds. The fourth-order valence-electron chi connectivity index (χ4n) is 2.37. The summed E-state index contributed by atoms with van der Waals surface area (Å²) in [7, 11) is 0. The predicted octanol–water partition coefficient (Wildman–Crippen LogP) is 3.13. The lowest BCUT2D eigenvalue weighted by atomic mass is 10.0. The van der Waals surface area contributed by atoms with Gasteiger partial charge < -0.3 is 15.0 Å². The van der Waals surface area contributed by atoms with Gasteiger partial charge in [0.1, 0.15) is 6.04 Å². The molecular formula is C17H19F3N2O3. The molecular weight excluding hydrogens is 337 g/mol. The van der Waals surface area contributed by atoms with Crippen molar-refractivity contribution < 1.29 is 27.5 Å². The Morgan fingerprint density at radius 2 is 2.16 bits per heavy atom. The van der Waals surface area contributed by atoms with Crippen LogP contribution < -0.4 is 10.2 Å². The van der Waals surface area contributed by atoms with Gasteiger partial charge in [-0.1, -0.05) is 12.1 Å². The summed E-state index contributed by atoms with van der Waals surface area (Å²) in [6.45, 7) is 3.00. The van der Waals surface area contributed by atoms with Crippen molar-refractivity contribution in [1.29, 1.82) is 0 Å². The SMILES string of the molecule is CCOC(=O)C1C=CC(=O)N(c2cccc(NC(C)C(F)(F)F)c2)C1. The number of carbonyl (C=O) groups excluding carboxylic acids is 2. The molecule has 8 heteroatoms. The number of ether oxygens (including phenoxy) is 1. The molecule has 0 aromatic heterocycles. The summed E-state index contributed by atoms with van der Waals surface area (Å²) in [6, 6.07) is 4.35. The second-order valence-electron chi connectivity index (χ2n) is 5.62. The molecule has 0 aliphatic carbocycles. The number of hydrogen-bond acceptors (Lipinski definition) is 4. The molecule has 1 aromatic rings. The van der Waals surface area contributed by atoms with E-state index in [1.54, 1.807) is 19.1 Å². The summed E-state index contributed by atoms with van der Waals surface area (Å²) in [5.74, 6) is -1.40. The molecule has 25 heavy (non-hydrogen) atoms. The lowest BCUT2D eigenvalue weighted by molar-refractivity contribution is -0.146. The van der Waals surface area contributed by atoms with Gasteiger partial charge in [0.25, 0.3) is 5.91 Å². The van der Waals surface area contributed by atoms with E-state index in [9.17, 15) is 22.8 Å². The van der Waals surface area contributed by atoms with Crippen LogP contribution in [0.5, 0.6) is 0 Å². The number of carbonyl (C=O) groups is 2. The van der Waals surface area contributed by atoms with Crippen molar-refractivity contribution in [2.75, 3.05) is 23.4 Å². The molecule has 0 saturated heterocycles. The van der Waals surface area contributed by atoms with Crippen LogP contribution in [-0.2, 0) is 14.3 Å². The first kappa shape index (κ1) is 18.8. The lowest BCUT2D eigenvalue weighted by Gasteiger charge is -2.28. The maximum atomic E-state index is 12.7. The Bertz CT molecular complexity index is 673. The van der Waals surface area contributed by atoms with Crippen LogP contribution in [0.15, 0.2) is 36.4 Å². The van der Waals surface area contributed by atoms with Crippen molar-refractivity contribution in [1.82, 2.24) is 0 Å². The average molecular weight is 356 g/mol. The molecule has 0 radical (unpaired) electrons. The second kappa shape index (κ2) is 7.58. The van der Waals surface area contributed by atoms with E-state index in [4.69, 9.17) is 4.74 Å². The van der Waals surface area contributed by atoms with Crippen molar-refractivity contribution >= 4 is 23.3 Å². The van der Waals surface area contributed by atoms with E-state index in [1.807, 2.05) is 0 Å². The third kappa shape index (κ3) is 4.74. The average Bonchev–Trinajstić information content (AvgIpc) is 2.55. The Morgan fingerprint density at radius 1 is 1.44 bits per heavy atom. The Kier molecular flexibility index (Phi) is 5.71. The summed E-state index contributed by atoms with van der Waals surface area (Å²) < 4.78 is 43.0. The largest absolute Gasteiger partial charge is 0.465 e. The van der Waals surface area contributed by atoms with Crippen molar-refractivity contribution in [2.24, 2.45) is 5.92 Å². The maximum Gasteiger partial charge on any atom is 0.408 e. The maximum absolute atomic E-state index is 12.7. The number of benzene rings is 1. The topological polar surface area (TPSA) is 58.6 Å². The highest BCUT2D eigenvalue weighted by Crippen LogP contribution is 2.27. The molecule has 1 N–H and O–H groups in total. The van der Waals surface area contributed by atoms with Gasteiger partial charge in [-0.3, -0.25) is 9.59 Å². The van der Waals surface area contributed by atoms with E-state index < -0.39 is 24.1 Å². The molecule has 5 nitrogen and oxygen atoms in total. The van der Waals surface area contributed by atoms with Gasteiger partial charge in [-0.05, 0) is 32.0 Å². The minimum atomic E-state index is -4.38. The van der Waals surface area contributed by atoms with Crippen molar-refractivity contribution in [3.8, 4) is 0 Å². The normalized spacial score (nSPS) is 18.8. The molecule has 0 saturated carbocycles. The summed E-state index contributed by atoms with van der Waals surface area (Å²) >= 11 is 0. The van der Waals surface area contributed by atoms with E-state index in [0.29, 0.717) is 5.69 Å². The Balaban J connectivity index is 2.18. The van der Waals surface area contributed by atoms with Crippen molar-refractivity contribution in [3.05, 3.63) is 36.4 Å². The minimum absolute atomic E-state index is 0.0758. The van der Waals surface area contributed by atoms with Gasteiger partial charge in [-0.2, -0.15) is 13.2 Å². The Labute approximate surface area is 143 Å². The molecule has 1 aliphatic heterocycles. The monoisotopic (exact) mass is 356 g/mol. The Morgan fingerprint density at radius 3 is 2.80 bits per heavy atom. The van der Waals surface area contributed by atoms with Crippen LogP contribution >= 0.6 is 0 Å². The zero-order valence-electron chi connectivity index (χ0n) is 13.8. The van der Waals surface area contributed by atoms with E-state index in [2.05, 4.69) is 5.32 Å². The fraction of sp³-hybridized carbons (Fsp3) is 0.412. The summed E-state index contributed by atoms with van der Waals surface area (Å²) in [5.41, 5.74) is 0.639. The van der Waals surface area contributed by atoms with E-state index in [-0.39, 0.29) is 24.7 Å². The lowest BCUT2D eigenvalue weighted by Crippen LogP contribution is -2.40. The first-order valence-electron chi connectivity index (χ1n) is 7.82. The molecule has 2 atom stereocenters. The number of anilines is 2. The molecule has 1 aromatic carbocycles. The number of amides is 1. The third-order valence-corrected chi connectivity index (χ3v) is 3.74. The number of nitrogens with one attached hydrogen (secondary N) is 1. The van der Waals surface area contributed by atoms with Crippen molar-refractivity contribution in [3.63, 3.8) is 0 Å². The first-order valence-corrected chi connectivity index (χ1v) is 7.82. The molecule has 1 heterocycles. The predicted molar refractivity (Wildman–Crippen MR) is 87.2 cm³/mol. The molecule has 2 rings (SSSR count). The van der Waals surface area contributed by atoms with Gasteiger partial charge in [-0.15, -0.1) is 0 Å². The number of halogens is 3. The standard InChI is InChI=1S/C17H19F3N2O3/c1-3-25-16(24)12-7-8-15(23)22(10-12)14-6-4-5-13(9-14)21-11(2)17(18,19)20/h4-9,11-12,21H,3,10H2,1-2H3. The second-order valence-corrected chi connectivity index (χ2v) is 5.62. The highest BCUT2D eigenvalue weighted by Gasteiger charge is 2.36. The number of hydrogen-bond donors (Lipinski definition) is 1. The fourth-order valence-corrected chi connectivity index (χ4v) is 2.37. The van der Waals surface area contributed by atoms with Gasteiger partial charge in [-0.25, -0.2) is 0 Å². The van der Waals surface area contributed by atoms with Gasteiger partial charge in [0.05, 0.1) is 12.5 Å². The van der Waals surface area contributed by atoms with Crippen LogP contribution in [0.2, 0.25) is 0 Å². The quantitative estimate of drug-likeness (QED) is 0.824. The first-order chi connectivity index (χ1) is 11.7. The van der Waals surface area contributed by atoms with Gasteiger partial charge in [0.2, 0.25) is 0 Å². The smallest absolute Gasteiger partial charge is 0.408 e. The van der Waals surface area contributed by atoms with Crippen molar-refractivity contribution in [2.45, 2.75) is 26.1 Å². The van der Waals surface area contributed by atoms with Crippen LogP contribution in [0.1, 0.15) is 13.8 Å². The minimum Gasteiger partial charge on any atom is -0.465 e. The molecule has 1 aliphatic rings. The third-order valence-electron chi connectivity index (χ3n) is 3.74. The number of nitrogens with zero attached hydrogens (tertiary/aromatic N) is 1. The molecule has 2 unspecified atom stereocenters.